The predicted octanol–water partition coefficient (Wildman–Crippen LogP) is 2.48. The van der Waals surface area contributed by atoms with Gasteiger partial charge in [0.1, 0.15) is 12.1 Å². The van der Waals surface area contributed by atoms with Crippen LogP contribution in [0.4, 0.5) is 5.69 Å². The zero-order valence-electron chi connectivity index (χ0n) is 9.85. The van der Waals surface area contributed by atoms with Gasteiger partial charge < -0.3 is 0 Å². The first kappa shape index (κ1) is 13.1. The lowest BCUT2D eigenvalue weighted by molar-refractivity contribution is -0.113. The van der Waals surface area contributed by atoms with Crippen molar-refractivity contribution in [3.63, 3.8) is 0 Å². The Morgan fingerprint density at radius 3 is 2.68 bits per heavy atom. The van der Waals surface area contributed by atoms with Crippen LogP contribution < -0.4 is 5.43 Å². The maximum absolute atomic E-state index is 11.7. The zero-order chi connectivity index (χ0) is 13.8. The summed E-state index contributed by atoms with van der Waals surface area (Å²) in [4.78, 5) is 11.7. The van der Waals surface area contributed by atoms with Gasteiger partial charge in [-0.1, -0.05) is 11.6 Å². The Hall–Kier alpha value is -2.37. The molecule has 1 N–H and O–H groups in total. The van der Waals surface area contributed by atoms with Crippen molar-refractivity contribution in [1.29, 1.82) is 10.5 Å². The number of benzene rings is 1. The van der Waals surface area contributed by atoms with E-state index < -0.39 is 0 Å². The van der Waals surface area contributed by atoms with Crippen LogP contribution in [0.3, 0.4) is 0 Å². The van der Waals surface area contributed by atoms with Gasteiger partial charge in [0.15, 0.2) is 5.78 Å². The van der Waals surface area contributed by atoms with E-state index in [2.05, 4.69) is 10.5 Å². The van der Waals surface area contributed by atoms with Crippen molar-refractivity contribution in [3.05, 3.63) is 28.8 Å². The molecule has 0 radical (unpaired) electrons. The van der Waals surface area contributed by atoms with Crippen molar-refractivity contribution in [2.75, 3.05) is 5.43 Å². The summed E-state index contributed by atoms with van der Waals surface area (Å²) < 4.78 is 0. The quantitative estimate of drug-likeness (QED) is 0.673. The van der Waals surface area contributed by atoms with Crippen molar-refractivity contribution in [3.8, 4) is 12.1 Å². The smallest absolute Gasteiger partial charge is 0.203 e. The standard InChI is InChI=1S/C13H9ClN4O/c14-11-5-10(4-3-9(11)6-15)17-18-12(7-16)13(19)8-1-2-8/h3-5,8,17H,1-2H2. The molecule has 19 heavy (non-hydrogen) atoms. The van der Waals surface area contributed by atoms with Gasteiger partial charge in [-0.25, -0.2) is 0 Å². The van der Waals surface area contributed by atoms with Crippen LogP contribution in [0.15, 0.2) is 23.3 Å². The van der Waals surface area contributed by atoms with Gasteiger partial charge in [0, 0.05) is 5.92 Å². The second-order valence-electron chi connectivity index (χ2n) is 4.13. The van der Waals surface area contributed by atoms with E-state index in [0.29, 0.717) is 11.3 Å². The van der Waals surface area contributed by atoms with Gasteiger partial charge in [-0.3, -0.25) is 10.2 Å². The number of nitrogens with one attached hydrogen (secondary N) is 1. The number of hydrazone groups is 1. The molecule has 94 valence electrons. The molecule has 0 heterocycles. The minimum atomic E-state index is -0.227. The number of halogens is 1. The number of nitriles is 2. The van der Waals surface area contributed by atoms with Crippen molar-refractivity contribution in [2.45, 2.75) is 12.8 Å². The average molecular weight is 273 g/mol. The maximum Gasteiger partial charge on any atom is 0.203 e. The number of hydrogen-bond acceptors (Lipinski definition) is 5. The Kier molecular flexibility index (Phi) is 3.79. The summed E-state index contributed by atoms with van der Waals surface area (Å²) in [5.74, 6) is -0.278. The molecule has 0 aliphatic heterocycles. The number of nitrogens with zero attached hydrogens (tertiary/aromatic N) is 3. The van der Waals surface area contributed by atoms with Gasteiger partial charge in [-0.2, -0.15) is 15.6 Å². The highest BCUT2D eigenvalue weighted by atomic mass is 35.5. The molecule has 1 aliphatic carbocycles. The van der Waals surface area contributed by atoms with Gasteiger partial charge in [-0.15, -0.1) is 0 Å². The molecule has 1 fully saturated rings. The van der Waals surface area contributed by atoms with Crippen LogP contribution in [0, 0.1) is 28.6 Å². The van der Waals surface area contributed by atoms with E-state index >= 15 is 0 Å². The first-order valence-electron chi connectivity index (χ1n) is 5.63. The molecule has 1 aliphatic rings. The fraction of sp³-hybridized carbons (Fsp3) is 0.231. The van der Waals surface area contributed by atoms with Crippen LogP contribution in [0.5, 0.6) is 0 Å². The topological polar surface area (TPSA) is 89.0 Å². The number of hydrogen-bond donors (Lipinski definition) is 1. The molecule has 0 amide bonds. The van der Waals surface area contributed by atoms with E-state index in [1.807, 2.05) is 6.07 Å². The Labute approximate surface area is 115 Å². The molecule has 0 saturated heterocycles. The van der Waals surface area contributed by atoms with E-state index in [0.717, 1.165) is 12.8 Å². The molecule has 2 rings (SSSR count). The van der Waals surface area contributed by atoms with Crippen LogP contribution in [0.1, 0.15) is 18.4 Å². The molecule has 0 aromatic heterocycles. The summed E-state index contributed by atoms with van der Waals surface area (Å²) >= 11 is 5.86. The maximum atomic E-state index is 11.7. The molecule has 0 bridgehead atoms. The highest BCUT2D eigenvalue weighted by Gasteiger charge is 2.33. The molecular weight excluding hydrogens is 264 g/mol. The van der Waals surface area contributed by atoms with E-state index in [1.54, 1.807) is 12.1 Å². The number of carbonyl (C=O) groups excluding carboxylic acids is 1. The third kappa shape index (κ3) is 3.09. The number of carbonyl (C=O) groups is 1. The highest BCUT2D eigenvalue weighted by molar-refractivity contribution is 6.47. The van der Waals surface area contributed by atoms with Crippen LogP contribution in [0.2, 0.25) is 5.02 Å². The largest absolute Gasteiger partial charge is 0.291 e. The van der Waals surface area contributed by atoms with Crippen LogP contribution in [-0.4, -0.2) is 11.5 Å². The first-order valence-corrected chi connectivity index (χ1v) is 6.01. The minimum Gasteiger partial charge on any atom is -0.291 e. The minimum absolute atomic E-state index is 0.0512. The van der Waals surface area contributed by atoms with Crippen LogP contribution >= 0.6 is 11.6 Å². The van der Waals surface area contributed by atoms with Gasteiger partial charge in [0.25, 0.3) is 0 Å². The van der Waals surface area contributed by atoms with Crippen molar-refractivity contribution in [2.24, 2.45) is 11.0 Å². The second kappa shape index (κ2) is 5.51. The lowest BCUT2D eigenvalue weighted by Gasteiger charge is -2.02. The molecule has 1 aromatic carbocycles. The lowest BCUT2D eigenvalue weighted by Crippen LogP contribution is -2.15. The molecule has 1 saturated carbocycles. The van der Waals surface area contributed by atoms with Gasteiger partial charge >= 0.3 is 0 Å². The van der Waals surface area contributed by atoms with Crippen LogP contribution in [0.25, 0.3) is 0 Å². The molecule has 0 unspecified atom stereocenters. The fourth-order valence-electron chi connectivity index (χ4n) is 1.47. The summed E-state index contributed by atoms with van der Waals surface area (Å²) in [5.41, 5.74) is 3.33. The van der Waals surface area contributed by atoms with Crippen LogP contribution in [-0.2, 0) is 4.79 Å². The number of rotatable bonds is 4. The fourth-order valence-corrected chi connectivity index (χ4v) is 1.69. The van der Waals surface area contributed by atoms with Crippen molar-refractivity contribution in [1.82, 2.24) is 0 Å². The van der Waals surface area contributed by atoms with Gasteiger partial charge in [0.05, 0.1) is 16.3 Å². The molecule has 1 aromatic rings. The Balaban J connectivity index is 2.12. The average Bonchev–Trinajstić information content (AvgIpc) is 3.23. The summed E-state index contributed by atoms with van der Waals surface area (Å²) in [6.45, 7) is 0. The normalized spacial score (nSPS) is 14.4. The molecule has 5 nitrogen and oxygen atoms in total. The first-order chi connectivity index (χ1) is 9.15. The van der Waals surface area contributed by atoms with Gasteiger partial charge in [0.2, 0.25) is 5.71 Å². The molecule has 0 spiro atoms. The summed E-state index contributed by atoms with van der Waals surface area (Å²) in [6, 6.07) is 8.37. The highest BCUT2D eigenvalue weighted by Crippen LogP contribution is 2.30. The molecular formula is C13H9ClN4O. The van der Waals surface area contributed by atoms with Crippen molar-refractivity contribution < 1.29 is 4.79 Å². The predicted molar refractivity (Wildman–Crippen MR) is 70.6 cm³/mol. The summed E-state index contributed by atoms with van der Waals surface area (Å²) in [5, 5.41) is 21.7. The molecule has 6 heteroatoms. The van der Waals surface area contributed by atoms with E-state index in [1.165, 1.54) is 12.1 Å². The summed E-state index contributed by atoms with van der Waals surface area (Å²) in [7, 11) is 0. The molecule has 0 atom stereocenters. The lowest BCUT2D eigenvalue weighted by atomic mass is 10.2. The summed E-state index contributed by atoms with van der Waals surface area (Å²) in [6.07, 6.45) is 1.64. The van der Waals surface area contributed by atoms with E-state index in [9.17, 15) is 4.79 Å². The third-order valence-electron chi connectivity index (χ3n) is 2.67. The SMILES string of the molecule is N#CC(=NNc1ccc(C#N)c(Cl)c1)C(=O)C1CC1. The van der Waals surface area contributed by atoms with Gasteiger partial charge in [-0.05, 0) is 31.0 Å². The number of anilines is 1. The second-order valence-corrected chi connectivity index (χ2v) is 4.54. The van der Waals surface area contributed by atoms with Crippen molar-refractivity contribution >= 4 is 28.8 Å². The third-order valence-corrected chi connectivity index (χ3v) is 2.99. The Bertz CT molecular complexity index is 635. The van der Waals surface area contributed by atoms with E-state index in [4.69, 9.17) is 22.1 Å². The number of Topliss-reactive ketones (excluding diaryl/α,β-unsaturated/α-hetero) is 1. The Morgan fingerprint density at radius 1 is 1.42 bits per heavy atom. The zero-order valence-corrected chi connectivity index (χ0v) is 10.6. The van der Waals surface area contributed by atoms with E-state index in [-0.39, 0.29) is 22.4 Å². The monoisotopic (exact) mass is 272 g/mol. The number of ketones is 1. The Morgan fingerprint density at radius 2 is 2.16 bits per heavy atom.